The molecule has 0 bridgehead atoms. The predicted molar refractivity (Wildman–Crippen MR) is 105 cm³/mol. The number of thioether (sulfide) groups is 1. The Morgan fingerprint density at radius 1 is 1.11 bits per heavy atom. The molecular formula is C19H18ClFN2O3S. The zero-order valence-electron chi connectivity index (χ0n) is 15.0. The Labute approximate surface area is 165 Å². The molecule has 2 aromatic carbocycles. The van der Waals surface area contributed by atoms with E-state index >= 15 is 0 Å². The average Bonchev–Trinajstić information content (AvgIpc) is 2.61. The fraction of sp³-hybridized carbons (Fsp3) is 0.211. The van der Waals surface area contributed by atoms with Crippen LogP contribution in [0.3, 0.4) is 0 Å². The molecule has 0 saturated heterocycles. The maximum absolute atomic E-state index is 14.0. The van der Waals surface area contributed by atoms with E-state index in [0.717, 1.165) is 17.8 Å². The molecule has 0 heterocycles. The van der Waals surface area contributed by atoms with Gasteiger partial charge in [-0.1, -0.05) is 17.7 Å². The van der Waals surface area contributed by atoms with E-state index in [4.69, 9.17) is 11.6 Å². The molecule has 0 spiro atoms. The van der Waals surface area contributed by atoms with Gasteiger partial charge < -0.3 is 10.2 Å². The van der Waals surface area contributed by atoms with E-state index < -0.39 is 11.7 Å². The first-order chi connectivity index (χ1) is 12.7. The zero-order valence-corrected chi connectivity index (χ0v) is 16.6. The molecule has 0 aliphatic heterocycles. The smallest absolute Gasteiger partial charge is 0.253 e. The van der Waals surface area contributed by atoms with Crippen LogP contribution < -0.4 is 5.32 Å². The summed E-state index contributed by atoms with van der Waals surface area (Å²) in [5.41, 5.74) is 0.969. The highest BCUT2D eigenvalue weighted by molar-refractivity contribution is 8.00. The minimum absolute atomic E-state index is 0.0570. The molecule has 2 amide bonds. The summed E-state index contributed by atoms with van der Waals surface area (Å²) >= 11 is 7.08. The maximum Gasteiger partial charge on any atom is 0.253 e. The van der Waals surface area contributed by atoms with Crippen molar-refractivity contribution >= 4 is 46.6 Å². The zero-order chi connectivity index (χ0) is 20.1. The number of hydrogen-bond acceptors (Lipinski definition) is 4. The Bertz CT molecular complexity index is 903. The summed E-state index contributed by atoms with van der Waals surface area (Å²) in [6.07, 6.45) is 0. The number of nitrogens with one attached hydrogen (secondary N) is 1. The summed E-state index contributed by atoms with van der Waals surface area (Å²) in [5.74, 6) is -1.46. The molecule has 0 radical (unpaired) electrons. The van der Waals surface area contributed by atoms with E-state index in [2.05, 4.69) is 5.32 Å². The second kappa shape index (κ2) is 9.01. The lowest BCUT2D eigenvalue weighted by Gasteiger charge is -2.13. The largest absolute Gasteiger partial charge is 0.345 e. The van der Waals surface area contributed by atoms with Crippen molar-refractivity contribution in [3.63, 3.8) is 0 Å². The number of anilines is 1. The highest BCUT2D eigenvalue weighted by atomic mass is 35.5. The summed E-state index contributed by atoms with van der Waals surface area (Å²) in [6, 6.07) is 8.72. The van der Waals surface area contributed by atoms with Crippen molar-refractivity contribution in [2.45, 2.75) is 11.8 Å². The summed E-state index contributed by atoms with van der Waals surface area (Å²) in [7, 11) is 3.25. The Hall–Kier alpha value is -2.38. The monoisotopic (exact) mass is 408 g/mol. The highest BCUT2D eigenvalue weighted by Gasteiger charge is 2.14. The van der Waals surface area contributed by atoms with Crippen LogP contribution in [-0.4, -0.2) is 42.3 Å². The van der Waals surface area contributed by atoms with E-state index in [-0.39, 0.29) is 27.9 Å². The summed E-state index contributed by atoms with van der Waals surface area (Å²) in [6.45, 7) is 1.36. The SMILES string of the molecule is CC(=O)c1ccc(SCC(=O)Nc2cc(C(=O)N(C)C)ccc2Cl)c(F)c1. The van der Waals surface area contributed by atoms with Gasteiger partial charge in [0.15, 0.2) is 5.78 Å². The lowest BCUT2D eigenvalue weighted by molar-refractivity contribution is -0.113. The third-order valence-corrected chi connectivity index (χ3v) is 4.97. The lowest BCUT2D eigenvalue weighted by atomic mass is 10.1. The van der Waals surface area contributed by atoms with Crippen LogP contribution in [0.15, 0.2) is 41.3 Å². The molecule has 0 aromatic heterocycles. The first-order valence-electron chi connectivity index (χ1n) is 7.93. The minimum Gasteiger partial charge on any atom is -0.345 e. The second-order valence-corrected chi connectivity index (χ2v) is 7.36. The van der Waals surface area contributed by atoms with E-state index in [1.807, 2.05) is 0 Å². The quantitative estimate of drug-likeness (QED) is 0.577. The van der Waals surface area contributed by atoms with E-state index in [9.17, 15) is 18.8 Å². The number of carbonyl (C=O) groups is 3. The van der Waals surface area contributed by atoms with Crippen LogP contribution in [0.25, 0.3) is 0 Å². The van der Waals surface area contributed by atoms with E-state index in [1.54, 1.807) is 20.2 Å². The number of ketones is 1. The van der Waals surface area contributed by atoms with Crippen molar-refractivity contribution in [3.05, 3.63) is 58.4 Å². The molecule has 0 aliphatic rings. The molecule has 2 aromatic rings. The third-order valence-electron chi connectivity index (χ3n) is 3.59. The lowest BCUT2D eigenvalue weighted by Crippen LogP contribution is -2.22. The summed E-state index contributed by atoms with van der Waals surface area (Å²) < 4.78 is 14.0. The highest BCUT2D eigenvalue weighted by Crippen LogP contribution is 2.26. The summed E-state index contributed by atoms with van der Waals surface area (Å²) in [4.78, 5) is 37.1. The normalized spacial score (nSPS) is 10.4. The number of rotatable bonds is 6. The van der Waals surface area contributed by atoms with Crippen molar-refractivity contribution in [1.82, 2.24) is 4.90 Å². The first-order valence-corrected chi connectivity index (χ1v) is 9.29. The van der Waals surface area contributed by atoms with Gasteiger partial charge in [0.1, 0.15) is 5.82 Å². The van der Waals surface area contributed by atoms with Crippen molar-refractivity contribution in [2.75, 3.05) is 25.2 Å². The Kier molecular flexibility index (Phi) is 6.98. The van der Waals surface area contributed by atoms with Gasteiger partial charge in [0.05, 0.1) is 16.5 Å². The van der Waals surface area contributed by atoms with Gasteiger partial charge in [0.25, 0.3) is 5.91 Å². The fourth-order valence-corrected chi connectivity index (χ4v) is 3.06. The molecule has 0 unspecified atom stereocenters. The molecule has 8 heteroatoms. The number of carbonyl (C=O) groups excluding carboxylic acids is 3. The minimum atomic E-state index is -0.558. The van der Waals surface area contributed by atoms with Crippen LogP contribution in [0.4, 0.5) is 10.1 Å². The van der Waals surface area contributed by atoms with Crippen LogP contribution >= 0.6 is 23.4 Å². The van der Waals surface area contributed by atoms with Gasteiger partial charge in [0.2, 0.25) is 5.91 Å². The van der Waals surface area contributed by atoms with E-state index in [0.29, 0.717) is 16.3 Å². The van der Waals surface area contributed by atoms with Crippen LogP contribution in [-0.2, 0) is 4.79 Å². The molecule has 0 fully saturated rings. The molecular weight excluding hydrogens is 391 g/mol. The Balaban J connectivity index is 2.05. The molecule has 5 nitrogen and oxygen atoms in total. The molecule has 27 heavy (non-hydrogen) atoms. The van der Waals surface area contributed by atoms with Crippen molar-refractivity contribution in [2.24, 2.45) is 0 Å². The molecule has 0 saturated carbocycles. The molecule has 0 aliphatic carbocycles. The Morgan fingerprint density at radius 3 is 2.37 bits per heavy atom. The number of hydrogen-bond donors (Lipinski definition) is 1. The van der Waals surface area contributed by atoms with Gasteiger partial charge in [-0.05, 0) is 37.3 Å². The number of nitrogens with zero attached hydrogens (tertiary/aromatic N) is 1. The van der Waals surface area contributed by atoms with Gasteiger partial charge in [-0.15, -0.1) is 11.8 Å². The average molecular weight is 409 g/mol. The number of benzene rings is 2. The van der Waals surface area contributed by atoms with Gasteiger partial charge in [-0.25, -0.2) is 4.39 Å². The van der Waals surface area contributed by atoms with Crippen molar-refractivity contribution in [3.8, 4) is 0 Å². The van der Waals surface area contributed by atoms with Gasteiger partial charge >= 0.3 is 0 Å². The second-order valence-electron chi connectivity index (χ2n) is 5.93. The number of Topliss-reactive ketones (excluding diaryl/α,β-unsaturated/α-hetero) is 1. The molecule has 1 N–H and O–H groups in total. The number of amides is 2. The van der Waals surface area contributed by atoms with Crippen molar-refractivity contribution < 1.29 is 18.8 Å². The van der Waals surface area contributed by atoms with Crippen molar-refractivity contribution in [1.29, 1.82) is 0 Å². The topological polar surface area (TPSA) is 66.5 Å². The standard InChI is InChI=1S/C19H18ClFN2O3S/c1-11(24)12-5-7-17(15(21)8-12)27-10-18(25)22-16-9-13(4-6-14(16)20)19(26)23(2)3/h4-9H,10H2,1-3H3,(H,22,25). The molecule has 2 rings (SSSR count). The van der Waals surface area contributed by atoms with Gasteiger partial charge in [0, 0.05) is 30.1 Å². The van der Waals surface area contributed by atoms with Crippen LogP contribution in [0.1, 0.15) is 27.6 Å². The Morgan fingerprint density at radius 2 is 1.78 bits per heavy atom. The number of halogens is 2. The van der Waals surface area contributed by atoms with E-state index in [1.165, 1.54) is 36.1 Å². The maximum atomic E-state index is 14.0. The predicted octanol–water partition coefficient (Wildman–Crippen LogP) is 4.11. The fourth-order valence-electron chi connectivity index (χ4n) is 2.18. The van der Waals surface area contributed by atoms with Gasteiger partial charge in [-0.2, -0.15) is 0 Å². The first kappa shape index (κ1) is 20.9. The van der Waals surface area contributed by atoms with Gasteiger partial charge in [-0.3, -0.25) is 14.4 Å². The van der Waals surface area contributed by atoms with Crippen LogP contribution in [0, 0.1) is 5.82 Å². The van der Waals surface area contributed by atoms with Crippen LogP contribution in [0.2, 0.25) is 5.02 Å². The molecule has 0 atom stereocenters. The third kappa shape index (κ3) is 5.55. The summed E-state index contributed by atoms with van der Waals surface area (Å²) in [5, 5.41) is 2.92. The molecule has 142 valence electrons. The van der Waals surface area contributed by atoms with Crippen LogP contribution in [0.5, 0.6) is 0 Å².